The topological polar surface area (TPSA) is 78.5 Å². The Morgan fingerprint density at radius 1 is 1.00 bits per heavy atom. The third-order valence-electron chi connectivity index (χ3n) is 4.42. The number of carbonyl (C=O) groups excluding carboxylic acids is 3. The average Bonchev–Trinajstić information content (AvgIpc) is 3.30. The van der Waals surface area contributed by atoms with E-state index in [0.29, 0.717) is 33.3 Å². The molecule has 0 aliphatic heterocycles. The summed E-state index contributed by atoms with van der Waals surface area (Å²) in [5.41, 5.74) is 2.23. The summed E-state index contributed by atoms with van der Waals surface area (Å²) in [6.07, 6.45) is 0. The van der Waals surface area contributed by atoms with Crippen molar-refractivity contribution in [2.24, 2.45) is 0 Å². The Kier molecular flexibility index (Phi) is 6.87. The van der Waals surface area contributed by atoms with Gasteiger partial charge in [-0.25, -0.2) is 0 Å². The van der Waals surface area contributed by atoms with Crippen molar-refractivity contribution in [2.75, 3.05) is 19.4 Å². The van der Waals surface area contributed by atoms with E-state index in [2.05, 4.69) is 10.6 Å². The van der Waals surface area contributed by atoms with Gasteiger partial charge in [0, 0.05) is 31.8 Å². The number of hydrogen-bond acceptors (Lipinski definition) is 4. The number of amides is 3. The van der Waals surface area contributed by atoms with Crippen LogP contribution in [-0.4, -0.2) is 36.7 Å². The molecule has 154 valence electrons. The van der Waals surface area contributed by atoms with E-state index in [9.17, 15) is 14.4 Å². The maximum atomic E-state index is 12.9. The average molecular weight is 442 g/mol. The molecule has 0 saturated heterocycles. The summed E-state index contributed by atoms with van der Waals surface area (Å²) in [7, 11) is 3.26. The van der Waals surface area contributed by atoms with Crippen molar-refractivity contribution in [3.63, 3.8) is 0 Å². The molecule has 3 rings (SSSR count). The highest BCUT2D eigenvalue weighted by atomic mass is 35.5. The van der Waals surface area contributed by atoms with Crippen LogP contribution in [0.4, 0.5) is 5.69 Å². The molecule has 0 fully saturated rings. The Labute approximate surface area is 183 Å². The van der Waals surface area contributed by atoms with E-state index in [-0.39, 0.29) is 17.7 Å². The number of halogens is 1. The van der Waals surface area contributed by atoms with Gasteiger partial charge in [0.25, 0.3) is 17.7 Å². The second kappa shape index (κ2) is 9.56. The molecule has 2 N–H and O–H groups in total. The molecule has 0 aliphatic rings. The molecule has 0 saturated carbocycles. The molecule has 3 aromatic rings. The molecule has 30 heavy (non-hydrogen) atoms. The highest BCUT2D eigenvalue weighted by Crippen LogP contribution is 2.25. The van der Waals surface area contributed by atoms with Gasteiger partial charge >= 0.3 is 0 Å². The lowest BCUT2D eigenvalue weighted by Gasteiger charge is -2.18. The highest BCUT2D eigenvalue weighted by molar-refractivity contribution is 7.12. The Balaban J connectivity index is 1.71. The van der Waals surface area contributed by atoms with Gasteiger partial charge < -0.3 is 15.5 Å². The minimum atomic E-state index is -0.277. The smallest absolute Gasteiger partial charge is 0.265 e. The van der Waals surface area contributed by atoms with Gasteiger partial charge in [-0.3, -0.25) is 14.4 Å². The van der Waals surface area contributed by atoms with Crippen LogP contribution in [0.1, 0.15) is 36.0 Å². The van der Waals surface area contributed by atoms with E-state index in [1.807, 2.05) is 17.5 Å². The SMILES string of the molecule is CNC(=O)c1ccc(CN(C)C(=O)c2ccc(Cl)c(NC(=O)c3cccs3)c2)cc1. The third kappa shape index (κ3) is 5.06. The fourth-order valence-corrected chi connectivity index (χ4v) is 3.60. The summed E-state index contributed by atoms with van der Waals surface area (Å²) in [5.74, 6) is -0.654. The van der Waals surface area contributed by atoms with Crippen LogP contribution in [0.3, 0.4) is 0 Å². The van der Waals surface area contributed by atoms with Crippen LogP contribution in [0.15, 0.2) is 60.0 Å². The molecule has 2 aromatic carbocycles. The molecule has 3 amide bonds. The van der Waals surface area contributed by atoms with E-state index >= 15 is 0 Å². The van der Waals surface area contributed by atoms with E-state index < -0.39 is 0 Å². The first-order chi connectivity index (χ1) is 14.4. The zero-order chi connectivity index (χ0) is 21.7. The van der Waals surface area contributed by atoms with E-state index in [1.165, 1.54) is 11.3 Å². The molecule has 0 bridgehead atoms. The Bertz CT molecular complexity index is 1070. The molecular weight excluding hydrogens is 422 g/mol. The largest absolute Gasteiger partial charge is 0.355 e. The van der Waals surface area contributed by atoms with Gasteiger partial charge in [0.15, 0.2) is 0 Å². The number of nitrogens with one attached hydrogen (secondary N) is 2. The van der Waals surface area contributed by atoms with E-state index in [0.717, 1.165) is 5.56 Å². The molecule has 6 nitrogen and oxygen atoms in total. The number of anilines is 1. The summed E-state index contributed by atoms with van der Waals surface area (Å²) in [4.78, 5) is 38.9. The van der Waals surface area contributed by atoms with Crippen molar-refractivity contribution in [2.45, 2.75) is 6.54 Å². The van der Waals surface area contributed by atoms with Crippen LogP contribution in [0.5, 0.6) is 0 Å². The lowest BCUT2D eigenvalue weighted by molar-refractivity contribution is 0.0784. The number of thiophene rings is 1. The lowest BCUT2D eigenvalue weighted by Crippen LogP contribution is -2.26. The minimum Gasteiger partial charge on any atom is -0.355 e. The van der Waals surface area contributed by atoms with E-state index in [4.69, 9.17) is 11.6 Å². The molecule has 0 atom stereocenters. The zero-order valence-electron chi connectivity index (χ0n) is 16.4. The van der Waals surface area contributed by atoms with Gasteiger partial charge in [-0.05, 0) is 47.3 Å². The Morgan fingerprint density at radius 2 is 1.70 bits per heavy atom. The number of rotatable bonds is 6. The Morgan fingerprint density at radius 3 is 2.33 bits per heavy atom. The van der Waals surface area contributed by atoms with Crippen LogP contribution in [0.2, 0.25) is 5.02 Å². The van der Waals surface area contributed by atoms with Crippen molar-refractivity contribution in [3.05, 3.63) is 86.6 Å². The van der Waals surface area contributed by atoms with Crippen LogP contribution in [0, 0.1) is 0 Å². The van der Waals surface area contributed by atoms with Crippen molar-refractivity contribution >= 4 is 46.3 Å². The zero-order valence-corrected chi connectivity index (χ0v) is 18.0. The number of carbonyl (C=O) groups is 3. The quantitative estimate of drug-likeness (QED) is 0.599. The van der Waals surface area contributed by atoms with Gasteiger partial charge in [-0.15, -0.1) is 11.3 Å². The Hall–Kier alpha value is -3.16. The molecule has 0 aliphatic carbocycles. The number of hydrogen-bond donors (Lipinski definition) is 2. The van der Waals surface area contributed by atoms with Gasteiger partial charge in [-0.2, -0.15) is 0 Å². The van der Waals surface area contributed by atoms with Gasteiger partial charge in [-0.1, -0.05) is 29.8 Å². The molecule has 1 aromatic heterocycles. The summed E-state index contributed by atoms with van der Waals surface area (Å²) >= 11 is 7.52. The normalized spacial score (nSPS) is 10.4. The first-order valence-electron chi connectivity index (χ1n) is 9.10. The van der Waals surface area contributed by atoms with Crippen LogP contribution in [0.25, 0.3) is 0 Å². The first kappa shape index (κ1) is 21.5. The standard InChI is InChI=1S/C22H20ClN3O3S/c1-24-20(27)15-7-5-14(6-8-15)13-26(2)22(29)16-9-10-17(23)18(12-16)25-21(28)19-4-3-11-30-19/h3-12H,13H2,1-2H3,(H,24,27)(H,25,28). The van der Waals surface area contributed by atoms with Crippen LogP contribution < -0.4 is 10.6 Å². The summed E-state index contributed by atoms with van der Waals surface area (Å²) in [5, 5.41) is 7.48. The van der Waals surface area contributed by atoms with E-state index in [1.54, 1.807) is 61.5 Å². The van der Waals surface area contributed by atoms with Crippen molar-refractivity contribution in [1.82, 2.24) is 10.2 Å². The van der Waals surface area contributed by atoms with Crippen molar-refractivity contribution in [1.29, 1.82) is 0 Å². The molecular formula is C22H20ClN3O3S. The molecule has 0 unspecified atom stereocenters. The summed E-state index contributed by atoms with van der Waals surface area (Å²) < 4.78 is 0. The number of benzene rings is 2. The van der Waals surface area contributed by atoms with Crippen LogP contribution >= 0.6 is 22.9 Å². The molecule has 0 spiro atoms. The predicted octanol–water partition coefficient (Wildman–Crippen LogP) is 4.29. The second-order valence-electron chi connectivity index (χ2n) is 6.56. The second-order valence-corrected chi connectivity index (χ2v) is 7.92. The molecule has 8 heteroatoms. The summed E-state index contributed by atoms with van der Waals surface area (Å²) in [6, 6.07) is 15.3. The van der Waals surface area contributed by atoms with Gasteiger partial charge in [0.2, 0.25) is 0 Å². The van der Waals surface area contributed by atoms with Crippen molar-refractivity contribution < 1.29 is 14.4 Å². The van der Waals surface area contributed by atoms with Gasteiger partial charge in [0.1, 0.15) is 0 Å². The first-order valence-corrected chi connectivity index (χ1v) is 10.4. The maximum Gasteiger partial charge on any atom is 0.265 e. The van der Waals surface area contributed by atoms with Crippen molar-refractivity contribution in [3.8, 4) is 0 Å². The fourth-order valence-electron chi connectivity index (χ4n) is 2.82. The van der Waals surface area contributed by atoms with Crippen LogP contribution in [-0.2, 0) is 6.54 Å². The monoisotopic (exact) mass is 441 g/mol. The molecule has 1 heterocycles. The number of nitrogens with zero attached hydrogens (tertiary/aromatic N) is 1. The molecule has 0 radical (unpaired) electrons. The summed E-state index contributed by atoms with van der Waals surface area (Å²) in [6.45, 7) is 0.367. The maximum absolute atomic E-state index is 12.9. The predicted molar refractivity (Wildman–Crippen MR) is 119 cm³/mol. The minimum absolute atomic E-state index is 0.163. The highest BCUT2D eigenvalue weighted by Gasteiger charge is 2.16. The fraction of sp³-hybridized carbons (Fsp3) is 0.136. The van der Waals surface area contributed by atoms with Gasteiger partial charge in [0.05, 0.1) is 15.6 Å². The lowest BCUT2D eigenvalue weighted by atomic mass is 10.1. The third-order valence-corrected chi connectivity index (χ3v) is 5.61.